The summed E-state index contributed by atoms with van der Waals surface area (Å²) in [7, 11) is 0. The van der Waals surface area contributed by atoms with Gasteiger partial charge in [-0.1, -0.05) is 59.9 Å². The highest BCUT2D eigenvalue weighted by Gasteiger charge is 2.28. The number of hydrogen-bond acceptors (Lipinski definition) is 4. The van der Waals surface area contributed by atoms with E-state index in [0.717, 1.165) is 31.0 Å². The van der Waals surface area contributed by atoms with Crippen LogP contribution in [0.25, 0.3) is 0 Å². The van der Waals surface area contributed by atoms with E-state index in [2.05, 4.69) is 95.8 Å². The number of nitrogens with zero attached hydrogens (tertiary/aromatic N) is 4. The highest BCUT2D eigenvalue weighted by atomic mass is 79.9. The van der Waals surface area contributed by atoms with Gasteiger partial charge in [0.15, 0.2) is 11.7 Å². The van der Waals surface area contributed by atoms with E-state index in [1.165, 1.54) is 0 Å². The SMILES string of the molecule is BrC1=CC(Br)CC=C1C1=NC2=NC(c3ccc(Br)cc3Br)=NC2=N1. The van der Waals surface area contributed by atoms with E-state index in [1.54, 1.807) is 0 Å². The summed E-state index contributed by atoms with van der Waals surface area (Å²) in [6.45, 7) is 0. The summed E-state index contributed by atoms with van der Waals surface area (Å²) >= 11 is 14.1. The molecule has 8 heteroatoms. The Balaban J connectivity index is 1.64. The number of alkyl halides is 1. The van der Waals surface area contributed by atoms with Gasteiger partial charge in [0, 0.05) is 29.4 Å². The lowest BCUT2D eigenvalue weighted by molar-refractivity contribution is 1.06. The van der Waals surface area contributed by atoms with Gasteiger partial charge in [0.1, 0.15) is 0 Å². The largest absolute Gasteiger partial charge is 0.205 e. The Hall–Kier alpha value is -0.700. The first-order chi connectivity index (χ1) is 11.5. The van der Waals surface area contributed by atoms with Crippen LogP contribution in [0.1, 0.15) is 12.0 Å². The van der Waals surface area contributed by atoms with E-state index in [0.29, 0.717) is 28.2 Å². The predicted octanol–water partition coefficient (Wildman–Crippen LogP) is 5.55. The second-order valence-corrected chi connectivity index (χ2v) is 9.05. The molecule has 120 valence electrons. The maximum absolute atomic E-state index is 4.54. The molecule has 0 amide bonds. The Morgan fingerprint density at radius 1 is 0.875 bits per heavy atom. The Labute approximate surface area is 172 Å². The Morgan fingerprint density at radius 3 is 2.25 bits per heavy atom. The molecule has 2 heterocycles. The minimum atomic E-state index is 0.335. The molecule has 24 heavy (non-hydrogen) atoms. The fourth-order valence-corrected chi connectivity index (χ4v) is 5.14. The number of halogens is 4. The normalized spacial score (nSPS) is 22.2. The van der Waals surface area contributed by atoms with E-state index < -0.39 is 0 Å². The molecule has 0 spiro atoms. The predicted molar refractivity (Wildman–Crippen MR) is 113 cm³/mol. The van der Waals surface area contributed by atoms with Gasteiger partial charge in [-0.05, 0) is 40.5 Å². The standard InChI is InChI=1S/C16H8Br4N4/c17-7-1-3-9(11(19)5-7)13-21-15-16(22-13)24-14(23-15)10-4-2-8(18)6-12(10)20/h1,3-6,8H,2H2. The third-order valence-corrected chi connectivity index (χ3v) is 6.07. The molecule has 1 atom stereocenters. The summed E-state index contributed by atoms with van der Waals surface area (Å²) < 4.78 is 2.90. The van der Waals surface area contributed by atoms with Crippen molar-refractivity contribution < 1.29 is 0 Å². The van der Waals surface area contributed by atoms with Crippen LogP contribution >= 0.6 is 63.7 Å². The lowest BCUT2D eigenvalue weighted by Crippen LogP contribution is -2.06. The van der Waals surface area contributed by atoms with Crippen molar-refractivity contribution in [2.45, 2.75) is 11.2 Å². The van der Waals surface area contributed by atoms with E-state index in [9.17, 15) is 0 Å². The zero-order chi connectivity index (χ0) is 16.8. The number of aliphatic imine (C=N–C) groups is 4. The zero-order valence-electron chi connectivity index (χ0n) is 12.0. The molecule has 0 aromatic heterocycles. The summed E-state index contributed by atoms with van der Waals surface area (Å²) in [5.74, 6) is 2.41. The van der Waals surface area contributed by atoms with Gasteiger partial charge in [0.05, 0.1) is 0 Å². The van der Waals surface area contributed by atoms with Gasteiger partial charge >= 0.3 is 0 Å². The molecule has 0 N–H and O–H groups in total. The molecule has 4 nitrogen and oxygen atoms in total. The van der Waals surface area contributed by atoms with Gasteiger partial charge < -0.3 is 0 Å². The fraction of sp³-hybridized carbons (Fsp3) is 0.125. The number of rotatable bonds is 2. The highest BCUT2D eigenvalue weighted by Crippen LogP contribution is 2.31. The molecule has 0 fully saturated rings. The van der Waals surface area contributed by atoms with Crippen LogP contribution in [0.15, 0.2) is 69.3 Å². The van der Waals surface area contributed by atoms with Crippen LogP contribution in [0.5, 0.6) is 0 Å². The van der Waals surface area contributed by atoms with Crippen LogP contribution in [0.3, 0.4) is 0 Å². The van der Waals surface area contributed by atoms with E-state index >= 15 is 0 Å². The molecule has 0 bridgehead atoms. The zero-order valence-corrected chi connectivity index (χ0v) is 18.3. The fourth-order valence-electron chi connectivity index (χ4n) is 2.46. The van der Waals surface area contributed by atoms with Crippen LogP contribution in [0, 0.1) is 0 Å². The molecule has 3 aliphatic rings. The van der Waals surface area contributed by atoms with Gasteiger partial charge in [0.25, 0.3) is 0 Å². The van der Waals surface area contributed by atoms with Crippen molar-refractivity contribution in [1.82, 2.24) is 0 Å². The monoisotopic (exact) mass is 572 g/mol. The molecule has 2 aliphatic heterocycles. The average Bonchev–Trinajstić information content (AvgIpc) is 3.05. The molecule has 0 saturated carbocycles. The maximum atomic E-state index is 4.54. The van der Waals surface area contributed by atoms with Crippen LogP contribution in [-0.2, 0) is 0 Å². The topological polar surface area (TPSA) is 49.4 Å². The van der Waals surface area contributed by atoms with Crippen LogP contribution in [0.2, 0.25) is 0 Å². The number of benzene rings is 1. The van der Waals surface area contributed by atoms with Crippen LogP contribution < -0.4 is 0 Å². The number of hydrogen-bond donors (Lipinski definition) is 0. The second-order valence-electron chi connectivity index (χ2n) is 5.25. The summed E-state index contributed by atoms with van der Waals surface area (Å²) in [5, 5.41) is 0. The maximum Gasteiger partial charge on any atom is 0.202 e. The first-order valence-electron chi connectivity index (χ1n) is 7.04. The molecule has 0 saturated heterocycles. The van der Waals surface area contributed by atoms with Crippen molar-refractivity contribution in [2.24, 2.45) is 20.0 Å². The summed E-state index contributed by atoms with van der Waals surface area (Å²) in [6.07, 6.45) is 5.12. The van der Waals surface area contributed by atoms with Crippen LogP contribution in [-0.4, -0.2) is 28.2 Å². The van der Waals surface area contributed by atoms with E-state index in [-0.39, 0.29) is 0 Å². The number of allylic oxidation sites excluding steroid dienone is 2. The van der Waals surface area contributed by atoms with Gasteiger partial charge in [-0.3, -0.25) is 0 Å². The molecule has 1 aromatic rings. The average molecular weight is 576 g/mol. The molecule has 1 unspecified atom stereocenters. The van der Waals surface area contributed by atoms with Crippen molar-refractivity contribution in [3.63, 3.8) is 0 Å². The van der Waals surface area contributed by atoms with Crippen molar-refractivity contribution >= 4 is 87.1 Å². The summed E-state index contributed by atoms with van der Waals surface area (Å²) in [5.41, 5.74) is 1.90. The third kappa shape index (κ3) is 3.09. The van der Waals surface area contributed by atoms with Crippen molar-refractivity contribution in [3.05, 3.63) is 54.9 Å². The van der Waals surface area contributed by atoms with E-state index in [1.807, 2.05) is 18.2 Å². The number of amidine groups is 4. The Morgan fingerprint density at radius 2 is 1.54 bits per heavy atom. The first-order valence-corrected chi connectivity index (χ1v) is 10.3. The lowest BCUT2D eigenvalue weighted by atomic mass is 10.1. The molecule has 1 aromatic carbocycles. The van der Waals surface area contributed by atoms with Gasteiger partial charge in [0.2, 0.25) is 11.7 Å². The van der Waals surface area contributed by atoms with Gasteiger partial charge in [-0.2, -0.15) is 0 Å². The molecule has 1 aliphatic carbocycles. The molecule has 4 rings (SSSR count). The minimum Gasteiger partial charge on any atom is -0.205 e. The molecular weight excluding hydrogens is 568 g/mol. The van der Waals surface area contributed by atoms with Crippen LogP contribution in [0.4, 0.5) is 0 Å². The Kier molecular flexibility index (Phi) is 4.57. The smallest absolute Gasteiger partial charge is 0.202 e. The van der Waals surface area contributed by atoms with Crippen molar-refractivity contribution in [2.75, 3.05) is 0 Å². The summed E-state index contributed by atoms with van der Waals surface area (Å²) in [4.78, 5) is 18.5. The second kappa shape index (κ2) is 6.55. The quantitative estimate of drug-likeness (QED) is 0.415. The molecule has 0 radical (unpaired) electrons. The van der Waals surface area contributed by atoms with Crippen molar-refractivity contribution in [1.29, 1.82) is 0 Å². The molecular formula is C16H8Br4N4. The van der Waals surface area contributed by atoms with Gasteiger partial charge in [-0.25, -0.2) is 20.0 Å². The lowest BCUT2D eigenvalue weighted by Gasteiger charge is -2.12. The third-order valence-electron chi connectivity index (χ3n) is 3.59. The van der Waals surface area contributed by atoms with E-state index in [4.69, 9.17) is 0 Å². The summed E-state index contributed by atoms with van der Waals surface area (Å²) in [6, 6.07) is 5.88. The Bertz CT molecular complexity index is 937. The first kappa shape index (κ1) is 16.8. The number of fused-ring (bicyclic) bond motifs is 1. The highest BCUT2D eigenvalue weighted by molar-refractivity contribution is 9.12. The van der Waals surface area contributed by atoms with Crippen molar-refractivity contribution in [3.8, 4) is 0 Å². The van der Waals surface area contributed by atoms with Gasteiger partial charge in [-0.15, -0.1) is 0 Å². The minimum absolute atomic E-state index is 0.335.